The summed E-state index contributed by atoms with van der Waals surface area (Å²) in [5.41, 5.74) is 2.25. The highest BCUT2D eigenvalue weighted by atomic mass is 16.5. The number of rotatable bonds is 5. The monoisotopic (exact) mass is 339 g/mol. The molecule has 0 radical (unpaired) electrons. The molecule has 2 aromatic rings. The molecule has 2 N–H and O–H groups in total. The van der Waals surface area contributed by atoms with Gasteiger partial charge in [0.15, 0.2) is 0 Å². The number of methoxy groups -OCH3 is 1. The second-order valence-electron chi connectivity index (χ2n) is 6.48. The first-order valence-electron chi connectivity index (χ1n) is 8.91. The minimum Gasteiger partial charge on any atom is -0.497 e. The van der Waals surface area contributed by atoms with Gasteiger partial charge in [-0.3, -0.25) is 9.78 Å². The maximum absolute atomic E-state index is 12.5. The van der Waals surface area contributed by atoms with Crippen LogP contribution in [0.1, 0.15) is 48.9 Å². The van der Waals surface area contributed by atoms with Crippen molar-refractivity contribution in [2.24, 2.45) is 0 Å². The van der Waals surface area contributed by atoms with Gasteiger partial charge in [-0.15, -0.1) is 0 Å². The number of aromatic nitrogens is 1. The third-order valence-corrected chi connectivity index (χ3v) is 4.55. The van der Waals surface area contributed by atoms with Gasteiger partial charge in [-0.2, -0.15) is 0 Å². The van der Waals surface area contributed by atoms with E-state index in [1.807, 2.05) is 30.3 Å². The van der Waals surface area contributed by atoms with Crippen molar-refractivity contribution in [3.63, 3.8) is 0 Å². The number of carbonyl (C=O) groups excluding carboxylic acids is 1. The molecule has 1 saturated carbocycles. The lowest BCUT2D eigenvalue weighted by Gasteiger charge is -2.16. The van der Waals surface area contributed by atoms with Crippen molar-refractivity contribution in [3.05, 3.63) is 48.3 Å². The Labute approximate surface area is 148 Å². The summed E-state index contributed by atoms with van der Waals surface area (Å²) in [6.45, 7) is 0. The van der Waals surface area contributed by atoms with Gasteiger partial charge in [0.2, 0.25) is 0 Å². The quantitative estimate of drug-likeness (QED) is 0.798. The highest BCUT2D eigenvalue weighted by Gasteiger charge is 2.16. The molecule has 0 atom stereocenters. The lowest BCUT2D eigenvalue weighted by atomic mass is 10.1. The molecule has 0 unspecified atom stereocenters. The Bertz CT molecular complexity index is 710. The summed E-state index contributed by atoms with van der Waals surface area (Å²) in [4.78, 5) is 16.7. The molecule has 1 fully saturated rings. The summed E-state index contributed by atoms with van der Waals surface area (Å²) in [7, 11) is 1.64. The molecule has 3 rings (SSSR count). The third kappa shape index (κ3) is 4.95. The zero-order valence-electron chi connectivity index (χ0n) is 14.6. The molecule has 0 bridgehead atoms. The number of amides is 1. The predicted molar refractivity (Wildman–Crippen MR) is 99.5 cm³/mol. The number of hydrogen-bond acceptors (Lipinski definition) is 4. The molecule has 1 heterocycles. The second kappa shape index (κ2) is 8.51. The zero-order valence-corrected chi connectivity index (χ0v) is 14.6. The Hall–Kier alpha value is -2.56. The number of nitrogens with one attached hydrogen (secondary N) is 2. The van der Waals surface area contributed by atoms with E-state index in [0.717, 1.165) is 30.0 Å². The summed E-state index contributed by atoms with van der Waals surface area (Å²) < 4.78 is 5.23. The highest BCUT2D eigenvalue weighted by Crippen LogP contribution is 2.22. The van der Waals surface area contributed by atoms with Gasteiger partial charge in [0, 0.05) is 24.0 Å². The van der Waals surface area contributed by atoms with Crippen molar-refractivity contribution in [2.75, 3.05) is 12.4 Å². The maximum atomic E-state index is 12.5. The van der Waals surface area contributed by atoms with Crippen LogP contribution in [0.5, 0.6) is 5.75 Å². The van der Waals surface area contributed by atoms with Crippen molar-refractivity contribution in [3.8, 4) is 5.75 Å². The standard InChI is InChI=1S/C20H25N3O2/c1-25-19-10-6-9-17(12-19)22-18-11-15(13-21-14-18)20(24)23-16-7-4-2-3-5-8-16/h6,9-14,16,22H,2-5,7-8H2,1H3,(H,23,24). The first-order valence-corrected chi connectivity index (χ1v) is 8.91. The molecule has 1 aliphatic rings. The number of ether oxygens (including phenoxy) is 1. The van der Waals surface area contributed by atoms with Crippen LogP contribution in [0.4, 0.5) is 11.4 Å². The van der Waals surface area contributed by atoms with Crippen LogP contribution < -0.4 is 15.4 Å². The molecule has 0 spiro atoms. The minimum absolute atomic E-state index is 0.0475. The van der Waals surface area contributed by atoms with Crippen LogP contribution in [0, 0.1) is 0 Å². The Morgan fingerprint density at radius 3 is 2.64 bits per heavy atom. The van der Waals surface area contributed by atoms with Crippen molar-refractivity contribution >= 4 is 17.3 Å². The largest absolute Gasteiger partial charge is 0.497 e. The van der Waals surface area contributed by atoms with Gasteiger partial charge in [-0.05, 0) is 31.0 Å². The fourth-order valence-electron chi connectivity index (χ4n) is 3.19. The number of pyridine rings is 1. The number of nitrogens with zero attached hydrogens (tertiary/aromatic N) is 1. The van der Waals surface area contributed by atoms with Gasteiger partial charge >= 0.3 is 0 Å². The number of carbonyl (C=O) groups is 1. The average molecular weight is 339 g/mol. The molecule has 0 saturated heterocycles. The molecule has 1 aliphatic carbocycles. The van der Waals surface area contributed by atoms with Gasteiger partial charge in [0.25, 0.3) is 5.91 Å². The summed E-state index contributed by atoms with van der Waals surface area (Å²) in [6.07, 6.45) is 10.4. The Balaban J connectivity index is 1.66. The lowest BCUT2D eigenvalue weighted by Crippen LogP contribution is -2.34. The fraction of sp³-hybridized carbons (Fsp3) is 0.400. The molecule has 1 amide bonds. The van der Waals surface area contributed by atoms with E-state index in [-0.39, 0.29) is 11.9 Å². The smallest absolute Gasteiger partial charge is 0.253 e. The summed E-state index contributed by atoms with van der Waals surface area (Å²) in [5.74, 6) is 0.730. The van der Waals surface area contributed by atoms with E-state index in [2.05, 4.69) is 15.6 Å². The number of hydrogen-bond donors (Lipinski definition) is 2. The van der Waals surface area contributed by atoms with Crippen LogP contribution >= 0.6 is 0 Å². The first kappa shape index (κ1) is 17.3. The topological polar surface area (TPSA) is 63.2 Å². The molecule has 25 heavy (non-hydrogen) atoms. The second-order valence-corrected chi connectivity index (χ2v) is 6.48. The van der Waals surface area contributed by atoms with Crippen molar-refractivity contribution in [1.82, 2.24) is 10.3 Å². The molecule has 5 nitrogen and oxygen atoms in total. The van der Waals surface area contributed by atoms with Crippen molar-refractivity contribution in [1.29, 1.82) is 0 Å². The normalized spacial score (nSPS) is 15.2. The van der Waals surface area contributed by atoms with Gasteiger partial charge in [0.05, 0.1) is 24.6 Å². The summed E-state index contributed by atoms with van der Waals surface area (Å²) in [5, 5.41) is 6.42. The van der Waals surface area contributed by atoms with Crippen LogP contribution in [-0.2, 0) is 0 Å². The van der Waals surface area contributed by atoms with E-state index in [0.29, 0.717) is 5.56 Å². The molecule has 1 aromatic heterocycles. The summed E-state index contributed by atoms with van der Waals surface area (Å²) >= 11 is 0. The van der Waals surface area contributed by atoms with Crippen molar-refractivity contribution in [2.45, 2.75) is 44.6 Å². The summed E-state index contributed by atoms with van der Waals surface area (Å²) in [6, 6.07) is 9.76. The van der Waals surface area contributed by atoms with Crippen LogP contribution in [-0.4, -0.2) is 24.0 Å². The van der Waals surface area contributed by atoms with Gasteiger partial charge < -0.3 is 15.4 Å². The molecule has 5 heteroatoms. The Kier molecular flexibility index (Phi) is 5.88. The Morgan fingerprint density at radius 1 is 1.08 bits per heavy atom. The van der Waals surface area contributed by atoms with E-state index in [1.54, 1.807) is 19.5 Å². The lowest BCUT2D eigenvalue weighted by molar-refractivity contribution is 0.0933. The molecule has 1 aromatic carbocycles. The SMILES string of the molecule is COc1cccc(Nc2cncc(C(=O)NC3CCCCCC3)c2)c1. The van der Waals surface area contributed by atoms with Crippen molar-refractivity contribution < 1.29 is 9.53 Å². The average Bonchev–Trinajstić information content (AvgIpc) is 2.91. The Morgan fingerprint density at radius 2 is 1.88 bits per heavy atom. The van der Waals surface area contributed by atoms with E-state index < -0.39 is 0 Å². The fourth-order valence-corrected chi connectivity index (χ4v) is 3.19. The molecular formula is C20H25N3O2. The molecule has 132 valence electrons. The first-order chi connectivity index (χ1) is 12.2. The molecule has 0 aliphatic heterocycles. The third-order valence-electron chi connectivity index (χ3n) is 4.55. The van der Waals surface area contributed by atoms with Gasteiger partial charge in [0.1, 0.15) is 5.75 Å². The van der Waals surface area contributed by atoms with Gasteiger partial charge in [-0.25, -0.2) is 0 Å². The number of benzene rings is 1. The highest BCUT2D eigenvalue weighted by molar-refractivity contribution is 5.95. The van der Waals surface area contributed by atoms with Gasteiger partial charge in [-0.1, -0.05) is 31.7 Å². The predicted octanol–water partition coefficient (Wildman–Crippen LogP) is 4.29. The molecular weight excluding hydrogens is 314 g/mol. The van der Waals surface area contributed by atoms with E-state index in [4.69, 9.17) is 4.74 Å². The van der Waals surface area contributed by atoms with Crippen LogP contribution in [0.3, 0.4) is 0 Å². The number of anilines is 2. The van der Waals surface area contributed by atoms with E-state index in [9.17, 15) is 4.79 Å². The zero-order chi connectivity index (χ0) is 17.5. The van der Waals surface area contributed by atoms with E-state index in [1.165, 1.54) is 25.7 Å². The van der Waals surface area contributed by atoms with E-state index >= 15 is 0 Å². The maximum Gasteiger partial charge on any atom is 0.253 e. The van der Waals surface area contributed by atoms with Crippen LogP contribution in [0.15, 0.2) is 42.7 Å². The van der Waals surface area contributed by atoms with Crippen LogP contribution in [0.25, 0.3) is 0 Å². The van der Waals surface area contributed by atoms with Crippen LogP contribution in [0.2, 0.25) is 0 Å². The minimum atomic E-state index is -0.0475.